The van der Waals surface area contributed by atoms with Crippen LogP contribution in [-0.4, -0.2) is 10.1 Å². The molecule has 15 heavy (non-hydrogen) atoms. The fourth-order valence-electron chi connectivity index (χ4n) is 2.25. The molecule has 1 atom stereocenters. The molecule has 0 radical (unpaired) electrons. The zero-order valence-corrected chi connectivity index (χ0v) is 9.28. The van der Waals surface area contributed by atoms with Crippen LogP contribution in [0.5, 0.6) is 0 Å². The molecule has 4 nitrogen and oxygen atoms in total. The van der Waals surface area contributed by atoms with Gasteiger partial charge in [-0.2, -0.15) is 4.98 Å². The lowest BCUT2D eigenvalue weighted by atomic mass is 9.99. The van der Waals surface area contributed by atoms with E-state index in [2.05, 4.69) is 17.1 Å². The van der Waals surface area contributed by atoms with E-state index in [4.69, 9.17) is 10.3 Å². The Morgan fingerprint density at radius 1 is 1.47 bits per heavy atom. The molecule has 84 valence electrons. The Hall–Kier alpha value is -0.900. The Bertz CT molecular complexity index is 305. The summed E-state index contributed by atoms with van der Waals surface area (Å²) in [5.41, 5.74) is 6.12. The molecule has 1 aliphatic rings. The molecule has 1 aromatic rings. The Balaban J connectivity index is 2.00. The van der Waals surface area contributed by atoms with Gasteiger partial charge in [0.1, 0.15) is 0 Å². The molecule has 0 bridgehead atoms. The van der Waals surface area contributed by atoms with Gasteiger partial charge in [-0.1, -0.05) is 24.9 Å². The molecule has 0 aromatic carbocycles. The van der Waals surface area contributed by atoms with E-state index in [0.29, 0.717) is 11.7 Å². The second kappa shape index (κ2) is 4.75. The summed E-state index contributed by atoms with van der Waals surface area (Å²) < 4.78 is 5.14. The highest BCUT2D eigenvalue weighted by atomic mass is 16.5. The zero-order valence-electron chi connectivity index (χ0n) is 9.28. The first-order chi connectivity index (χ1) is 7.31. The van der Waals surface area contributed by atoms with Gasteiger partial charge in [-0.3, -0.25) is 0 Å². The van der Waals surface area contributed by atoms with Crippen LogP contribution < -0.4 is 5.73 Å². The largest absolute Gasteiger partial charge is 0.339 e. The third-order valence-electron chi connectivity index (χ3n) is 3.15. The average molecular weight is 209 g/mol. The van der Waals surface area contributed by atoms with Crippen molar-refractivity contribution in [3.05, 3.63) is 11.7 Å². The van der Waals surface area contributed by atoms with Crippen molar-refractivity contribution >= 4 is 0 Å². The monoisotopic (exact) mass is 209 g/mol. The van der Waals surface area contributed by atoms with Gasteiger partial charge < -0.3 is 10.3 Å². The third-order valence-corrected chi connectivity index (χ3v) is 3.15. The molecule has 0 saturated heterocycles. The summed E-state index contributed by atoms with van der Waals surface area (Å²) in [5.74, 6) is 1.98. The normalized spacial score (nSPS) is 19.6. The lowest BCUT2D eigenvalue weighted by Gasteiger charge is -2.14. The smallest absolute Gasteiger partial charge is 0.226 e. The first-order valence-corrected chi connectivity index (χ1v) is 5.89. The molecule has 1 fully saturated rings. The van der Waals surface area contributed by atoms with E-state index in [1.807, 2.05) is 0 Å². The number of nitrogens with two attached hydrogens (primary N) is 1. The van der Waals surface area contributed by atoms with Crippen LogP contribution in [0.2, 0.25) is 0 Å². The quantitative estimate of drug-likeness (QED) is 0.825. The van der Waals surface area contributed by atoms with Crippen molar-refractivity contribution in [3.8, 4) is 0 Å². The van der Waals surface area contributed by atoms with E-state index < -0.39 is 0 Å². The molecule has 1 aromatic heterocycles. The van der Waals surface area contributed by atoms with Crippen LogP contribution in [0.15, 0.2) is 4.52 Å². The van der Waals surface area contributed by atoms with Crippen molar-refractivity contribution in [2.24, 2.45) is 11.7 Å². The highest BCUT2D eigenvalue weighted by Crippen LogP contribution is 2.32. The van der Waals surface area contributed by atoms with E-state index >= 15 is 0 Å². The van der Waals surface area contributed by atoms with Gasteiger partial charge in [-0.05, 0) is 25.2 Å². The van der Waals surface area contributed by atoms with Crippen molar-refractivity contribution in [1.82, 2.24) is 10.1 Å². The zero-order chi connectivity index (χ0) is 10.7. The maximum atomic E-state index is 6.12. The minimum absolute atomic E-state index is 0.0261. The summed E-state index contributed by atoms with van der Waals surface area (Å²) in [4.78, 5) is 4.34. The van der Waals surface area contributed by atoms with Gasteiger partial charge in [-0.25, -0.2) is 0 Å². The number of aromatic nitrogens is 2. The SMILES string of the molecule is CCCc1nc(C(N)C2CCCC2)no1. The maximum Gasteiger partial charge on any atom is 0.226 e. The van der Waals surface area contributed by atoms with Gasteiger partial charge in [0.25, 0.3) is 0 Å². The average Bonchev–Trinajstić information content (AvgIpc) is 2.87. The molecule has 1 aliphatic carbocycles. The van der Waals surface area contributed by atoms with Gasteiger partial charge >= 0.3 is 0 Å². The number of rotatable bonds is 4. The van der Waals surface area contributed by atoms with E-state index in [9.17, 15) is 0 Å². The summed E-state index contributed by atoms with van der Waals surface area (Å²) in [6, 6.07) is -0.0261. The number of hydrogen-bond donors (Lipinski definition) is 1. The second-order valence-corrected chi connectivity index (χ2v) is 4.37. The molecule has 1 heterocycles. The number of hydrogen-bond acceptors (Lipinski definition) is 4. The molecule has 4 heteroatoms. The molecule has 1 unspecified atom stereocenters. The van der Waals surface area contributed by atoms with Crippen molar-refractivity contribution in [1.29, 1.82) is 0 Å². The van der Waals surface area contributed by atoms with E-state index in [1.54, 1.807) is 0 Å². The van der Waals surface area contributed by atoms with Crippen molar-refractivity contribution in [2.75, 3.05) is 0 Å². The topological polar surface area (TPSA) is 64.9 Å². The van der Waals surface area contributed by atoms with E-state index in [-0.39, 0.29) is 6.04 Å². The van der Waals surface area contributed by atoms with Gasteiger partial charge in [0.05, 0.1) is 6.04 Å². The van der Waals surface area contributed by atoms with Crippen LogP contribution >= 0.6 is 0 Å². The van der Waals surface area contributed by atoms with Gasteiger partial charge in [0.2, 0.25) is 5.89 Å². The molecular weight excluding hydrogens is 190 g/mol. The molecule has 0 aliphatic heterocycles. The van der Waals surface area contributed by atoms with E-state index in [1.165, 1.54) is 25.7 Å². The van der Waals surface area contributed by atoms with Crippen molar-refractivity contribution in [3.63, 3.8) is 0 Å². The predicted molar refractivity (Wildman–Crippen MR) is 57.2 cm³/mol. The molecular formula is C11H19N3O. The minimum Gasteiger partial charge on any atom is -0.339 e. The molecule has 2 rings (SSSR count). The summed E-state index contributed by atoms with van der Waals surface area (Å²) in [6.45, 7) is 2.10. The third kappa shape index (κ3) is 2.37. The predicted octanol–water partition coefficient (Wildman–Crippen LogP) is 2.21. The van der Waals surface area contributed by atoms with Crippen molar-refractivity contribution < 1.29 is 4.52 Å². The van der Waals surface area contributed by atoms with Crippen LogP contribution in [0, 0.1) is 5.92 Å². The number of aryl methyl sites for hydroxylation is 1. The molecule has 0 amide bonds. The highest BCUT2D eigenvalue weighted by molar-refractivity contribution is 4.96. The standard InChI is InChI=1S/C11H19N3O/c1-2-5-9-13-11(14-15-9)10(12)8-6-3-4-7-8/h8,10H,2-7,12H2,1H3. The first kappa shape index (κ1) is 10.6. The van der Waals surface area contributed by atoms with Crippen LogP contribution in [0.1, 0.15) is 56.8 Å². The molecule has 1 saturated carbocycles. The van der Waals surface area contributed by atoms with Crippen LogP contribution in [0.25, 0.3) is 0 Å². The highest BCUT2D eigenvalue weighted by Gasteiger charge is 2.26. The number of nitrogens with zero attached hydrogens (tertiary/aromatic N) is 2. The Labute approximate surface area is 90.2 Å². The van der Waals surface area contributed by atoms with Crippen LogP contribution in [0.3, 0.4) is 0 Å². The lowest BCUT2D eigenvalue weighted by Crippen LogP contribution is -2.20. The van der Waals surface area contributed by atoms with Gasteiger partial charge in [0, 0.05) is 6.42 Å². The summed E-state index contributed by atoms with van der Waals surface area (Å²) in [7, 11) is 0. The fourth-order valence-corrected chi connectivity index (χ4v) is 2.25. The molecule has 2 N–H and O–H groups in total. The fraction of sp³-hybridized carbons (Fsp3) is 0.818. The van der Waals surface area contributed by atoms with Gasteiger partial charge in [0.15, 0.2) is 5.82 Å². The summed E-state index contributed by atoms with van der Waals surface area (Å²) >= 11 is 0. The second-order valence-electron chi connectivity index (χ2n) is 4.37. The van der Waals surface area contributed by atoms with Crippen LogP contribution in [-0.2, 0) is 6.42 Å². The lowest BCUT2D eigenvalue weighted by molar-refractivity contribution is 0.355. The van der Waals surface area contributed by atoms with Crippen molar-refractivity contribution in [2.45, 2.75) is 51.5 Å². The summed E-state index contributed by atoms with van der Waals surface area (Å²) in [5, 5.41) is 3.97. The Kier molecular flexibility index (Phi) is 3.36. The Morgan fingerprint density at radius 3 is 2.87 bits per heavy atom. The Morgan fingerprint density at radius 2 is 2.20 bits per heavy atom. The summed E-state index contributed by atoms with van der Waals surface area (Å²) in [6.07, 6.45) is 6.87. The minimum atomic E-state index is -0.0261. The van der Waals surface area contributed by atoms with Gasteiger partial charge in [-0.15, -0.1) is 0 Å². The maximum absolute atomic E-state index is 6.12. The molecule has 0 spiro atoms. The van der Waals surface area contributed by atoms with Crippen LogP contribution in [0.4, 0.5) is 0 Å². The van der Waals surface area contributed by atoms with E-state index in [0.717, 1.165) is 18.7 Å². The first-order valence-electron chi connectivity index (χ1n) is 5.89.